The number of furan rings is 2. The lowest BCUT2D eigenvalue weighted by atomic mass is 9.94. The lowest BCUT2D eigenvalue weighted by Crippen LogP contribution is -1.97. The molecule has 53 heavy (non-hydrogen) atoms. The van der Waals surface area contributed by atoms with E-state index >= 15 is 0 Å². The van der Waals surface area contributed by atoms with Crippen LogP contribution in [0, 0.1) is 0 Å². The molecule has 0 aliphatic carbocycles. The zero-order chi connectivity index (χ0) is 34.9. The molecule has 0 unspecified atom stereocenters. The van der Waals surface area contributed by atoms with Gasteiger partial charge in [0.05, 0.1) is 16.6 Å². The number of aromatic nitrogens is 3. The van der Waals surface area contributed by atoms with Crippen molar-refractivity contribution >= 4 is 54.8 Å². The van der Waals surface area contributed by atoms with Crippen molar-refractivity contribution < 1.29 is 8.83 Å². The number of hydrogen-bond acceptors (Lipinski definition) is 4. The van der Waals surface area contributed by atoms with Crippen LogP contribution < -0.4 is 0 Å². The van der Waals surface area contributed by atoms with Gasteiger partial charge in [0.25, 0.3) is 0 Å². The largest absolute Gasteiger partial charge is 0.455 e. The van der Waals surface area contributed by atoms with Crippen LogP contribution in [0.1, 0.15) is 0 Å². The lowest BCUT2D eigenvalue weighted by Gasteiger charge is -2.10. The number of pyridine rings is 1. The van der Waals surface area contributed by atoms with Crippen molar-refractivity contribution in [2.45, 2.75) is 0 Å². The van der Waals surface area contributed by atoms with Crippen molar-refractivity contribution in [3.63, 3.8) is 0 Å². The monoisotopic (exact) mass is 679 g/mol. The Morgan fingerprint density at radius 3 is 1.92 bits per heavy atom. The molecule has 0 aliphatic heterocycles. The van der Waals surface area contributed by atoms with Gasteiger partial charge in [0.1, 0.15) is 28.4 Å². The van der Waals surface area contributed by atoms with Gasteiger partial charge >= 0.3 is 0 Å². The van der Waals surface area contributed by atoms with Crippen molar-refractivity contribution in [1.29, 1.82) is 0 Å². The smallest absolute Gasteiger partial charge is 0.162 e. The van der Waals surface area contributed by atoms with Crippen LogP contribution in [0.3, 0.4) is 0 Å². The highest BCUT2D eigenvalue weighted by molar-refractivity contribution is 6.21. The molecular weight excluding hydrogens is 651 g/mol. The van der Waals surface area contributed by atoms with Crippen molar-refractivity contribution in [1.82, 2.24) is 14.5 Å². The maximum atomic E-state index is 7.12. The summed E-state index contributed by atoms with van der Waals surface area (Å²) in [5, 5.41) is 4.18. The average Bonchev–Trinajstić information content (AvgIpc) is 3.94. The summed E-state index contributed by atoms with van der Waals surface area (Å²) in [6.07, 6.45) is 0. The van der Waals surface area contributed by atoms with E-state index in [1.165, 1.54) is 0 Å². The molecule has 11 aromatic rings. The molecule has 7 aromatic carbocycles. The molecule has 0 N–H and O–H groups in total. The van der Waals surface area contributed by atoms with Crippen LogP contribution >= 0.6 is 0 Å². The second kappa shape index (κ2) is 11.7. The van der Waals surface area contributed by atoms with Gasteiger partial charge in [-0.15, -0.1) is 0 Å². The highest BCUT2D eigenvalue weighted by Crippen LogP contribution is 2.49. The molecule has 0 spiro atoms. The van der Waals surface area contributed by atoms with Gasteiger partial charge in [0.15, 0.2) is 5.58 Å². The highest BCUT2D eigenvalue weighted by Gasteiger charge is 2.26. The number of imidazole rings is 1. The molecule has 0 saturated heterocycles. The first-order valence-corrected chi connectivity index (χ1v) is 17.8. The van der Waals surface area contributed by atoms with Crippen LogP contribution in [0.2, 0.25) is 0 Å². The van der Waals surface area contributed by atoms with Crippen molar-refractivity contribution in [2.24, 2.45) is 0 Å². The molecule has 4 heterocycles. The maximum Gasteiger partial charge on any atom is 0.162 e. The van der Waals surface area contributed by atoms with E-state index in [4.69, 9.17) is 18.8 Å². The molecule has 11 rings (SSSR count). The second-order valence-electron chi connectivity index (χ2n) is 13.3. The van der Waals surface area contributed by atoms with Crippen LogP contribution in [-0.2, 0) is 0 Å². The van der Waals surface area contributed by atoms with Gasteiger partial charge in [-0.2, -0.15) is 0 Å². The Morgan fingerprint density at radius 1 is 0.434 bits per heavy atom. The third-order valence-electron chi connectivity index (χ3n) is 10.2. The first kappa shape index (κ1) is 29.5. The van der Waals surface area contributed by atoms with E-state index in [2.05, 4.69) is 132 Å². The fourth-order valence-electron chi connectivity index (χ4n) is 7.83. The normalized spacial score (nSPS) is 11.8. The molecule has 5 heteroatoms. The number of benzene rings is 7. The van der Waals surface area contributed by atoms with Gasteiger partial charge in [-0.1, -0.05) is 140 Å². The molecule has 4 aromatic heterocycles. The second-order valence-corrected chi connectivity index (χ2v) is 13.3. The van der Waals surface area contributed by atoms with Crippen LogP contribution in [0.4, 0.5) is 0 Å². The highest BCUT2D eigenvalue weighted by atomic mass is 16.3. The Hall–Kier alpha value is -7.24. The van der Waals surface area contributed by atoms with E-state index < -0.39 is 0 Å². The fourth-order valence-corrected chi connectivity index (χ4v) is 7.83. The average molecular weight is 680 g/mol. The van der Waals surface area contributed by atoms with E-state index in [0.29, 0.717) is 0 Å². The van der Waals surface area contributed by atoms with Crippen LogP contribution in [0.5, 0.6) is 0 Å². The third kappa shape index (κ3) is 4.57. The zero-order valence-corrected chi connectivity index (χ0v) is 28.4. The predicted molar refractivity (Wildman–Crippen MR) is 215 cm³/mol. The summed E-state index contributed by atoms with van der Waals surface area (Å²) in [6.45, 7) is 0. The number of fused-ring (bicyclic) bond motifs is 7. The summed E-state index contributed by atoms with van der Waals surface area (Å²) in [5.41, 5.74) is 12.1. The van der Waals surface area contributed by atoms with Crippen LogP contribution in [0.15, 0.2) is 185 Å². The summed E-state index contributed by atoms with van der Waals surface area (Å²) in [6, 6.07) is 60.5. The minimum absolute atomic E-state index is 0.739. The van der Waals surface area contributed by atoms with E-state index in [1.807, 2.05) is 48.5 Å². The first-order valence-electron chi connectivity index (χ1n) is 17.8. The molecule has 5 nitrogen and oxygen atoms in total. The molecular formula is C48H29N3O2. The summed E-state index contributed by atoms with van der Waals surface area (Å²) < 4.78 is 16.0. The first-order chi connectivity index (χ1) is 26.3. The van der Waals surface area contributed by atoms with Crippen LogP contribution in [-0.4, -0.2) is 14.5 Å². The van der Waals surface area contributed by atoms with Gasteiger partial charge in [-0.25, -0.2) is 9.97 Å². The van der Waals surface area contributed by atoms with E-state index in [-0.39, 0.29) is 0 Å². The molecule has 0 amide bonds. The van der Waals surface area contributed by atoms with Crippen molar-refractivity contribution in [2.75, 3.05) is 0 Å². The Morgan fingerprint density at radius 2 is 1.09 bits per heavy atom. The van der Waals surface area contributed by atoms with Gasteiger partial charge in [0, 0.05) is 55.0 Å². The minimum atomic E-state index is 0.739. The molecule has 0 aliphatic rings. The summed E-state index contributed by atoms with van der Waals surface area (Å²) >= 11 is 0. The van der Waals surface area contributed by atoms with Crippen molar-refractivity contribution in [3.05, 3.63) is 176 Å². The Kier molecular flexibility index (Phi) is 6.48. The zero-order valence-electron chi connectivity index (χ0n) is 28.4. The molecule has 0 saturated carbocycles. The SMILES string of the molecule is c1ccc(-c2nc3ccccc3c3c(-c4cccc5c4oc4ccccc45)c(-c4ccc(-c5nc6ccccc6n5-c5ccccc5)cc4)oc23)cc1. The number of rotatable bonds is 5. The van der Waals surface area contributed by atoms with Gasteiger partial charge in [0.2, 0.25) is 0 Å². The molecule has 0 bridgehead atoms. The van der Waals surface area contributed by atoms with Gasteiger partial charge in [-0.3, -0.25) is 4.57 Å². The Labute approximate surface area is 304 Å². The lowest BCUT2D eigenvalue weighted by molar-refractivity contribution is 0.632. The quantitative estimate of drug-likeness (QED) is 0.182. The molecule has 0 atom stereocenters. The Balaban J connectivity index is 1.20. The van der Waals surface area contributed by atoms with Crippen LogP contribution in [0.25, 0.3) is 106 Å². The Bertz CT molecular complexity index is 3150. The maximum absolute atomic E-state index is 7.12. The molecule has 0 radical (unpaired) electrons. The third-order valence-corrected chi connectivity index (χ3v) is 10.2. The van der Waals surface area contributed by atoms with Gasteiger partial charge in [-0.05, 0) is 36.4 Å². The summed E-state index contributed by atoms with van der Waals surface area (Å²) in [4.78, 5) is 10.3. The minimum Gasteiger partial charge on any atom is -0.455 e. The fraction of sp³-hybridized carbons (Fsp3) is 0. The predicted octanol–water partition coefficient (Wildman–Crippen LogP) is 12.9. The standard InChI is InChI=1S/C48H29N3O2/c1-3-14-30(15-4-1)44-47-42(36-19-7-9-22-38(36)49-44)43(37-21-13-20-35-34-18-8-12-25-41(34)52-46(35)37)45(53-47)31-26-28-32(29-27-31)48-50-39-23-10-11-24-40(39)51(48)33-16-5-2-6-17-33/h1-29H. The number of nitrogens with zero attached hydrogens (tertiary/aromatic N) is 3. The topological polar surface area (TPSA) is 57.0 Å². The summed E-state index contributed by atoms with van der Waals surface area (Å²) in [5.74, 6) is 1.63. The number of para-hydroxylation sites is 6. The summed E-state index contributed by atoms with van der Waals surface area (Å²) in [7, 11) is 0. The van der Waals surface area contributed by atoms with E-state index in [0.717, 1.165) is 106 Å². The molecule has 0 fully saturated rings. The van der Waals surface area contributed by atoms with Gasteiger partial charge < -0.3 is 8.83 Å². The van der Waals surface area contributed by atoms with E-state index in [1.54, 1.807) is 0 Å². The number of hydrogen-bond donors (Lipinski definition) is 0. The van der Waals surface area contributed by atoms with Crippen molar-refractivity contribution in [3.8, 4) is 50.8 Å². The van der Waals surface area contributed by atoms with E-state index in [9.17, 15) is 0 Å². The molecule has 248 valence electrons.